The van der Waals surface area contributed by atoms with Crippen molar-refractivity contribution < 1.29 is 13.2 Å². The minimum Gasteiger partial charge on any atom is -0.354 e. The number of carbonyl (C=O) groups is 1. The van der Waals surface area contributed by atoms with E-state index in [1.807, 2.05) is 0 Å². The zero-order valence-corrected chi connectivity index (χ0v) is 17.3. The van der Waals surface area contributed by atoms with E-state index in [0.717, 1.165) is 0 Å². The van der Waals surface area contributed by atoms with Gasteiger partial charge in [-0.1, -0.05) is 0 Å². The molecule has 152 valence electrons. The Hall–Kier alpha value is -1.78. The van der Waals surface area contributed by atoms with E-state index in [2.05, 4.69) is 15.2 Å². The number of aromatic nitrogens is 2. The molecular weight excluding hydrogens is 370 g/mol. The Bertz CT molecular complexity index is 842. The first-order chi connectivity index (χ1) is 12.7. The summed E-state index contributed by atoms with van der Waals surface area (Å²) < 4.78 is 26.7. The Morgan fingerprint density at radius 1 is 1.19 bits per heavy atom. The fourth-order valence-corrected chi connectivity index (χ4v) is 4.11. The molecule has 9 nitrogen and oxygen atoms in total. The Morgan fingerprint density at radius 2 is 1.81 bits per heavy atom. The topological polar surface area (TPSA) is 105 Å². The summed E-state index contributed by atoms with van der Waals surface area (Å²) in [6.07, 6.45) is 0.0747. The number of carbonyl (C=O) groups excluding carboxylic acids is 1. The van der Waals surface area contributed by atoms with E-state index in [1.165, 1.54) is 8.87 Å². The summed E-state index contributed by atoms with van der Waals surface area (Å²) in [7, 11) is -1.47. The first-order valence-corrected chi connectivity index (χ1v) is 10.8. The molecule has 1 aliphatic heterocycles. The summed E-state index contributed by atoms with van der Waals surface area (Å²) in [5.41, 5.74) is 0.864. The quantitative estimate of drug-likeness (QED) is 0.632. The van der Waals surface area contributed by atoms with Gasteiger partial charge in [-0.2, -0.15) is 4.31 Å². The fourth-order valence-electron chi connectivity index (χ4n) is 3.03. The number of rotatable bonds is 7. The maximum absolute atomic E-state index is 12.2. The molecule has 1 aliphatic rings. The third kappa shape index (κ3) is 5.36. The molecule has 2 heterocycles. The van der Waals surface area contributed by atoms with Crippen molar-refractivity contribution in [3.63, 3.8) is 0 Å². The number of piperazine rings is 1. The largest absolute Gasteiger partial charge is 0.354 e. The van der Waals surface area contributed by atoms with Crippen molar-refractivity contribution in [3.05, 3.63) is 27.4 Å². The second kappa shape index (κ2) is 8.94. The second-order valence-electron chi connectivity index (χ2n) is 6.76. The molecule has 2 rings (SSSR count). The molecule has 1 saturated heterocycles. The molecule has 0 unspecified atom stereocenters. The third-order valence-corrected chi connectivity index (χ3v) is 6.89. The third-order valence-electron chi connectivity index (χ3n) is 5.01. The van der Waals surface area contributed by atoms with Crippen molar-refractivity contribution in [2.45, 2.75) is 27.2 Å². The predicted octanol–water partition coefficient (Wildman–Crippen LogP) is -0.977. The Morgan fingerprint density at radius 3 is 2.41 bits per heavy atom. The average molecular weight is 400 g/mol. The van der Waals surface area contributed by atoms with E-state index in [-0.39, 0.29) is 23.6 Å². The molecule has 1 aromatic rings. The molecule has 0 atom stereocenters. The number of amides is 1. The van der Waals surface area contributed by atoms with Gasteiger partial charge in [0, 0.05) is 51.9 Å². The lowest BCUT2D eigenvalue weighted by Gasteiger charge is -2.33. The molecule has 1 aromatic heterocycles. The fraction of sp³-hybridized carbons (Fsp3) is 0.706. The van der Waals surface area contributed by atoms with Gasteiger partial charge in [-0.05, 0) is 20.8 Å². The zero-order chi connectivity index (χ0) is 20.2. The highest BCUT2D eigenvalue weighted by Gasteiger charge is 2.25. The SMILES string of the molecule is CCS(=O)(=O)N1CCN(CCNC(=O)Cc2nc(C)n(C)c(=O)c2C)CC1. The van der Waals surface area contributed by atoms with Crippen LogP contribution >= 0.6 is 0 Å². The molecule has 0 aliphatic carbocycles. The molecule has 1 N–H and O–H groups in total. The monoisotopic (exact) mass is 399 g/mol. The molecule has 10 heteroatoms. The van der Waals surface area contributed by atoms with Crippen molar-refractivity contribution in [2.24, 2.45) is 7.05 Å². The zero-order valence-electron chi connectivity index (χ0n) is 16.5. The Balaban J connectivity index is 1.79. The highest BCUT2D eigenvalue weighted by Crippen LogP contribution is 2.07. The molecule has 27 heavy (non-hydrogen) atoms. The van der Waals surface area contributed by atoms with Crippen LogP contribution in [0.5, 0.6) is 0 Å². The van der Waals surface area contributed by atoms with E-state index in [4.69, 9.17) is 0 Å². The highest BCUT2D eigenvalue weighted by molar-refractivity contribution is 7.89. The highest BCUT2D eigenvalue weighted by atomic mass is 32.2. The van der Waals surface area contributed by atoms with Crippen LogP contribution < -0.4 is 10.9 Å². The number of nitrogens with zero attached hydrogens (tertiary/aromatic N) is 4. The summed E-state index contributed by atoms with van der Waals surface area (Å²) in [5, 5.41) is 2.85. The lowest BCUT2D eigenvalue weighted by Crippen LogP contribution is -2.50. The summed E-state index contributed by atoms with van der Waals surface area (Å²) in [6.45, 7) is 8.49. The van der Waals surface area contributed by atoms with Gasteiger partial charge in [0.15, 0.2) is 0 Å². The first kappa shape index (κ1) is 21.5. The van der Waals surface area contributed by atoms with E-state index in [9.17, 15) is 18.0 Å². The normalized spacial score (nSPS) is 16.4. The van der Waals surface area contributed by atoms with Gasteiger partial charge in [0.05, 0.1) is 17.9 Å². The summed E-state index contributed by atoms with van der Waals surface area (Å²) >= 11 is 0. The Kier molecular flexibility index (Phi) is 7.12. The maximum Gasteiger partial charge on any atom is 0.256 e. The van der Waals surface area contributed by atoms with Gasteiger partial charge in [-0.3, -0.25) is 19.1 Å². The van der Waals surface area contributed by atoms with Gasteiger partial charge in [-0.25, -0.2) is 13.4 Å². The van der Waals surface area contributed by atoms with Crippen LogP contribution in [0.1, 0.15) is 24.0 Å². The van der Waals surface area contributed by atoms with Gasteiger partial charge in [-0.15, -0.1) is 0 Å². The van der Waals surface area contributed by atoms with Crippen LogP contribution in [0, 0.1) is 13.8 Å². The first-order valence-electron chi connectivity index (χ1n) is 9.15. The standard InChI is InChI=1S/C17H29N5O4S/c1-5-27(25,26)22-10-8-21(9-11-22)7-6-18-16(23)12-15-13(2)17(24)20(4)14(3)19-15/h5-12H2,1-4H3,(H,18,23). The molecule has 1 amide bonds. The van der Waals surface area contributed by atoms with Crippen molar-refractivity contribution >= 4 is 15.9 Å². The van der Waals surface area contributed by atoms with Gasteiger partial charge >= 0.3 is 0 Å². The molecule has 0 radical (unpaired) electrons. The number of hydrogen-bond donors (Lipinski definition) is 1. The minimum atomic E-state index is -3.12. The predicted molar refractivity (Wildman–Crippen MR) is 103 cm³/mol. The van der Waals surface area contributed by atoms with E-state index >= 15 is 0 Å². The molecule has 0 saturated carbocycles. The summed E-state index contributed by atoms with van der Waals surface area (Å²) in [4.78, 5) is 30.7. The molecule has 0 spiro atoms. The van der Waals surface area contributed by atoms with Crippen LogP contribution in [-0.4, -0.2) is 78.1 Å². The average Bonchev–Trinajstić information content (AvgIpc) is 2.64. The molecule has 0 bridgehead atoms. The van der Waals surface area contributed by atoms with Crippen LogP contribution in [0.4, 0.5) is 0 Å². The molecule has 1 fully saturated rings. The van der Waals surface area contributed by atoms with Crippen LogP contribution in [-0.2, 0) is 28.3 Å². The van der Waals surface area contributed by atoms with Gasteiger partial charge < -0.3 is 5.32 Å². The number of aryl methyl sites for hydroxylation is 1. The van der Waals surface area contributed by atoms with E-state index in [1.54, 1.807) is 27.8 Å². The van der Waals surface area contributed by atoms with Gasteiger partial charge in [0.25, 0.3) is 5.56 Å². The van der Waals surface area contributed by atoms with Crippen molar-refractivity contribution in [1.82, 2.24) is 24.1 Å². The Labute approximate surface area is 160 Å². The van der Waals surface area contributed by atoms with Crippen molar-refractivity contribution in [1.29, 1.82) is 0 Å². The maximum atomic E-state index is 12.2. The van der Waals surface area contributed by atoms with Crippen molar-refractivity contribution in [2.75, 3.05) is 45.0 Å². The van der Waals surface area contributed by atoms with Crippen molar-refractivity contribution in [3.8, 4) is 0 Å². The summed E-state index contributed by atoms with van der Waals surface area (Å²) in [6, 6.07) is 0. The smallest absolute Gasteiger partial charge is 0.256 e. The van der Waals surface area contributed by atoms with Crippen LogP contribution in [0.2, 0.25) is 0 Å². The number of hydrogen-bond acceptors (Lipinski definition) is 6. The second-order valence-corrected chi connectivity index (χ2v) is 9.02. The lowest BCUT2D eigenvalue weighted by atomic mass is 10.2. The summed E-state index contributed by atoms with van der Waals surface area (Å²) in [5.74, 6) is 0.525. The number of sulfonamides is 1. The van der Waals surface area contributed by atoms with Gasteiger partial charge in [0.2, 0.25) is 15.9 Å². The molecular formula is C17H29N5O4S. The van der Waals surface area contributed by atoms with Gasteiger partial charge in [0.1, 0.15) is 5.82 Å². The minimum absolute atomic E-state index is 0.0747. The van der Waals surface area contributed by atoms with E-state index in [0.29, 0.717) is 56.4 Å². The lowest BCUT2D eigenvalue weighted by molar-refractivity contribution is -0.120. The molecule has 0 aromatic carbocycles. The van der Waals surface area contributed by atoms with E-state index < -0.39 is 10.0 Å². The van der Waals surface area contributed by atoms with Crippen LogP contribution in [0.25, 0.3) is 0 Å². The van der Waals surface area contributed by atoms with Crippen LogP contribution in [0.3, 0.4) is 0 Å². The van der Waals surface area contributed by atoms with Crippen LogP contribution in [0.15, 0.2) is 4.79 Å². The number of nitrogens with one attached hydrogen (secondary N) is 1.